The van der Waals surface area contributed by atoms with Gasteiger partial charge in [0.1, 0.15) is 6.61 Å². The van der Waals surface area contributed by atoms with E-state index in [-0.39, 0.29) is 24.6 Å². The Balaban J connectivity index is 2.59. The smallest absolute Gasteiger partial charge is 0.358 e. The van der Waals surface area contributed by atoms with Crippen molar-refractivity contribution in [2.45, 2.75) is 13.3 Å². The van der Waals surface area contributed by atoms with Crippen molar-refractivity contribution in [3.63, 3.8) is 0 Å². The van der Waals surface area contributed by atoms with E-state index in [1.54, 1.807) is 28.1 Å². The molecule has 2 N–H and O–H groups in total. The summed E-state index contributed by atoms with van der Waals surface area (Å²) in [6, 6.07) is 0. The molecule has 7 heteroatoms. The van der Waals surface area contributed by atoms with Crippen molar-refractivity contribution in [3.05, 3.63) is 11.4 Å². The van der Waals surface area contributed by atoms with Crippen LogP contribution in [-0.2, 0) is 16.6 Å². The lowest BCUT2D eigenvalue weighted by molar-refractivity contribution is -0.129. The topological polar surface area (TPSA) is 90.5 Å². The van der Waals surface area contributed by atoms with E-state index in [9.17, 15) is 9.59 Å². The molecule has 0 aliphatic heterocycles. The Labute approximate surface area is 105 Å². The molecule has 0 aromatic carbocycles. The van der Waals surface area contributed by atoms with Crippen LogP contribution in [0, 0.1) is 6.92 Å². The lowest BCUT2D eigenvalue weighted by atomic mass is 10.3. The summed E-state index contributed by atoms with van der Waals surface area (Å²) < 4.78 is 6.37. The van der Waals surface area contributed by atoms with E-state index in [0.29, 0.717) is 11.4 Å². The van der Waals surface area contributed by atoms with Gasteiger partial charge in [-0.3, -0.25) is 9.48 Å². The first-order chi connectivity index (χ1) is 8.34. The lowest BCUT2D eigenvalue weighted by Crippen LogP contribution is -2.24. The van der Waals surface area contributed by atoms with Gasteiger partial charge in [-0.05, 0) is 6.92 Å². The molecule has 18 heavy (non-hydrogen) atoms. The van der Waals surface area contributed by atoms with Crippen LogP contribution in [0.3, 0.4) is 0 Å². The molecular weight excluding hydrogens is 236 g/mol. The van der Waals surface area contributed by atoms with E-state index < -0.39 is 5.97 Å². The van der Waals surface area contributed by atoms with Gasteiger partial charge in [0, 0.05) is 21.1 Å². The highest BCUT2D eigenvalue weighted by atomic mass is 16.5. The van der Waals surface area contributed by atoms with Crippen LogP contribution in [0.25, 0.3) is 0 Å². The lowest BCUT2D eigenvalue weighted by Gasteiger charge is -2.10. The number of amides is 1. The monoisotopic (exact) mass is 254 g/mol. The molecular formula is C11H18N4O3. The van der Waals surface area contributed by atoms with Crippen LogP contribution in [0.2, 0.25) is 0 Å². The van der Waals surface area contributed by atoms with E-state index >= 15 is 0 Å². The van der Waals surface area contributed by atoms with Crippen LogP contribution in [0.5, 0.6) is 0 Å². The third-order valence-corrected chi connectivity index (χ3v) is 2.51. The molecule has 1 amide bonds. The molecule has 0 aliphatic rings. The van der Waals surface area contributed by atoms with Crippen molar-refractivity contribution in [1.82, 2.24) is 14.7 Å². The van der Waals surface area contributed by atoms with Gasteiger partial charge in [-0.2, -0.15) is 5.10 Å². The van der Waals surface area contributed by atoms with E-state index in [1.807, 2.05) is 0 Å². The van der Waals surface area contributed by atoms with Gasteiger partial charge in [-0.25, -0.2) is 4.79 Å². The Morgan fingerprint density at radius 2 is 2.06 bits per heavy atom. The molecule has 0 saturated heterocycles. The van der Waals surface area contributed by atoms with Crippen molar-refractivity contribution >= 4 is 17.6 Å². The molecule has 0 fully saturated rings. The Hall–Kier alpha value is -2.05. The molecule has 1 aromatic rings. The van der Waals surface area contributed by atoms with Crippen molar-refractivity contribution in [2.24, 2.45) is 7.05 Å². The predicted molar refractivity (Wildman–Crippen MR) is 66.0 cm³/mol. The number of nitrogens with zero attached hydrogens (tertiary/aromatic N) is 3. The standard InChI is InChI=1S/C11H18N4O3/c1-7-9(12)10(15(4)13-7)11(17)18-6-5-8(16)14(2)3/h5-6,12H2,1-4H3. The SMILES string of the molecule is Cc1nn(C)c(C(=O)OCCC(=O)N(C)C)c1N. The van der Waals surface area contributed by atoms with Crippen LogP contribution in [0.15, 0.2) is 0 Å². The molecule has 0 unspecified atom stereocenters. The highest BCUT2D eigenvalue weighted by molar-refractivity contribution is 5.93. The fraction of sp³-hybridized carbons (Fsp3) is 0.545. The highest BCUT2D eigenvalue weighted by Crippen LogP contribution is 2.16. The fourth-order valence-corrected chi connectivity index (χ4v) is 1.44. The second-order valence-corrected chi connectivity index (χ2v) is 4.15. The molecule has 1 rings (SSSR count). The molecule has 0 atom stereocenters. The van der Waals surface area contributed by atoms with Gasteiger partial charge in [-0.1, -0.05) is 0 Å². The predicted octanol–water partition coefficient (Wildman–Crippen LogP) is -0.0542. The minimum absolute atomic E-state index is 0.0273. The normalized spacial score (nSPS) is 10.2. The third kappa shape index (κ3) is 2.99. The van der Waals surface area contributed by atoms with E-state index in [0.717, 1.165) is 0 Å². The third-order valence-electron chi connectivity index (χ3n) is 2.51. The number of aryl methyl sites for hydroxylation is 2. The Morgan fingerprint density at radius 1 is 1.44 bits per heavy atom. The van der Waals surface area contributed by atoms with Gasteiger partial charge >= 0.3 is 5.97 Å². The van der Waals surface area contributed by atoms with Crippen molar-refractivity contribution in [3.8, 4) is 0 Å². The molecule has 7 nitrogen and oxygen atoms in total. The molecule has 0 aliphatic carbocycles. The van der Waals surface area contributed by atoms with Crippen LogP contribution in [0.4, 0.5) is 5.69 Å². The van der Waals surface area contributed by atoms with Crippen molar-refractivity contribution in [2.75, 3.05) is 26.4 Å². The van der Waals surface area contributed by atoms with Gasteiger partial charge in [0.2, 0.25) is 5.91 Å². The molecule has 0 bridgehead atoms. The quantitative estimate of drug-likeness (QED) is 0.760. The van der Waals surface area contributed by atoms with E-state index in [4.69, 9.17) is 10.5 Å². The largest absolute Gasteiger partial charge is 0.460 e. The minimum Gasteiger partial charge on any atom is -0.460 e. The second-order valence-electron chi connectivity index (χ2n) is 4.15. The average molecular weight is 254 g/mol. The number of aromatic nitrogens is 2. The number of carbonyl (C=O) groups excluding carboxylic acids is 2. The van der Waals surface area contributed by atoms with E-state index in [2.05, 4.69) is 5.10 Å². The van der Waals surface area contributed by atoms with Crippen LogP contribution >= 0.6 is 0 Å². The fourth-order valence-electron chi connectivity index (χ4n) is 1.44. The first-order valence-corrected chi connectivity index (χ1v) is 5.51. The van der Waals surface area contributed by atoms with E-state index in [1.165, 1.54) is 9.58 Å². The molecule has 100 valence electrons. The molecule has 1 aromatic heterocycles. The Bertz CT molecular complexity index is 465. The molecule has 1 heterocycles. The highest BCUT2D eigenvalue weighted by Gasteiger charge is 2.19. The number of ether oxygens (including phenoxy) is 1. The number of esters is 1. The summed E-state index contributed by atoms with van der Waals surface area (Å²) in [6.45, 7) is 1.74. The van der Waals surface area contributed by atoms with Crippen molar-refractivity contribution < 1.29 is 14.3 Å². The summed E-state index contributed by atoms with van der Waals surface area (Å²) in [7, 11) is 4.91. The number of nitrogen functional groups attached to an aromatic ring is 1. The number of hydrogen-bond acceptors (Lipinski definition) is 5. The number of rotatable bonds is 4. The summed E-state index contributed by atoms with van der Waals surface area (Å²) in [5.41, 5.74) is 6.82. The van der Waals surface area contributed by atoms with Crippen LogP contribution in [0.1, 0.15) is 22.6 Å². The number of anilines is 1. The second kappa shape index (κ2) is 5.52. The van der Waals surface area contributed by atoms with Gasteiger partial charge in [-0.15, -0.1) is 0 Å². The zero-order chi connectivity index (χ0) is 13.9. The zero-order valence-electron chi connectivity index (χ0n) is 11.1. The Kier molecular flexibility index (Phi) is 4.30. The maximum Gasteiger partial charge on any atom is 0.358 e. The maximum absolute atomic E-state index is 11.8. The van der Waals surface area contributed by atoms with Crippen LogP contribution in [-0.4, -0.2) is 47.3 Å². The van der Waals surface area contributed by atoms with Crippen LogP contribution < -0.4 is 5.73 Å². The summed E-state index contributed by atoms with van der Waals surface area (Å²) in [5.74, 6) is -0.667. The minimum atomic E-state index is -0.567. The Morgan fingerprint density at radius 3 is 2.50 bits per heavy atom. The van der Waals surface area contributed by atoms with Gasteiger partial charge in [0.25, 0.3) is 0 Å². The summed E-state index contributed by atoms with van der Waals surface area (Å²) >= 11 is 0. The summed E-state index contributed by atoms with van der Waals surface area (Å²) in [5, 5.41) is 4.02. The zero-order valence-corrected chi connectivity index (χ0v) is 11.1. The molecule has 0 spiro atoms. The average Bonchev–Trinajstić information content (AvgIpc) is 2.52. The molecule has 0 saturated carbocycles. The first-order valence-electron chi connectivity index (χ1n) is 5.51. The van der Waals surface area contributed by atoms with Gasteiger partial charge < -0.3 is 15.4 Å². The van der Waals surface area contributed by atoms with Gasteiger partial charge in [0.05, 0.1) is 17.8 Å². The number of carbonyl (C=O) groups is 2. The molecule has 0 radical (unpaired) electrons. The number of hydrogen-bond donors (Lipinski definition) is 1. The summed E-state index contributed by atoms with van der Waals surface area (Å²) in [6.07, 6.45) is 0.148. The number of nitrogens with two attached hydrogens (primary N) is 1. The maximum atomic E-state index is 11.8. The summed E-state index contributed by atoms with van der Waals surface area (Å²) in [4.78, 5) is 24.5. The van der Waals surface area contributed by atoms with Crippen molar-refractivity contribution in [1.29, 1.82) is 0 Å². The van der Waals surface area contributed by atoms with Gasteiger partial charge in [0.15, 0.2) is 5.69 Å². The first kappa shape index (κ1) is 14.0.